The molecule has 0 aliphatic heterocycles. The predicted octanol–water partition coefficient (Wildman–Crippen LogP) is 6.81. The Balaban J connectivity index is 1.71. The van der Waals surface area contributed by atoms with Crippen molar-refractivity contribution in [3.8, 4) is 17.0 Å². The standard InChI is InChI=1S/C30H34F2N2O6S/c1-5-18(6-2)16-40-12-8-10-19-9-7-11-21(27(19)39-4)25-17-41-30(33-25)34-28(35)20-13-23(31)22(24(32)14-20)15-26(38-3)29(36)37/h7,9,11,13-15,17-18H,5-6,8,10,12,16H2,1-4H3,(H,36,37)(H,33,34,35)/b26-15-. The van der Waals surface area contributed by atoms with Crippen molar-refractivity contribution in [3.05, 3.63) is 69.8 Å². The zero-order valence-electron chi connectivity index (χ0n) is 23.5. The summed E-state index contributed by atoms with van der Waals surface area (Å²) in [7, 11) is 2.66. The third-order valence-corrected chi connectivity index (χ3v) is 7.35. The van der Waals surface area contributed by atoms with Gasteiger partial charge in [0.25, 0.3) is 5.91 Å². The number of amides is 1. The minimum Gasteiger partial charge on any atom is -0.496 e. The fraction of sp³-hybridized carbons (Fsp3) is 0.367. The van der Waals surface area contributed by atoms with E-state index in [2.05, 4.69) is 28.9 Å². The van der Waals surface area contributed by atoms with Gasteiger partial charge in [-0.25, -0.2) is 18.6 Å². The molecule has 11 heteroatoms. The lowest BCUT2D eigenvalue weighted by Crippen LogP contribution is -2.13. The Labute approximate surface area is 242 Å². The molecule has 0 aliphatic rings. The van der Waals surface area contributed by atoms with Crippen LogP contribution in [-0.2, 0) is 20.7 Å². The number of anilines is 1. The van der Waals surface area contributed by atoms with Gasteiger partial charge in [0.1, 0.15) is 17.4 Å². The van der Waals surface area contributed by atoms with Gasteiger partial charge in [0.15, 0.2) is 5.13 Å². The number of thiazole rings is 1. The number of para-hydroxylation sites is 1. The number of halogens is 2. The third kappa shape index (κ3) is 8.34. The first-order valence-corrected chi connectivity index (χ1v) is 14.1. The van der Waals surface area contributed by atoms with Crippen molar-refractivity contribution in [2.45, 2.75) is 39.5 Å². The van der Waals surface area contributed by atoms with Crippen LogP contribution in [0, 0.1) is 17.6 Å². The monoisotopic (exact) mass is 588 g/mol. The molecule has 0 aliphatic carbocycles. The van der Waals surface area contributed by atoms with E-state index in [0.717, 1.165) is 74.0 Å². The van der Waals surface area contributed by atoms with Crippen LogP contribution in [0.15, 0.2) is 41.5 Å². The van der Waals surface area contributed by atoms with Gasteiger partial charge >= 0.3 is 5.97 Å². The highest BCUT2D eigenvalue weighted by Crippen LogP contribution is 2.35. The van der Waals surface area contributed by atoms with E-state index in [0.29, 0.717) is 30.0 Å². The molecule has 0 atom stereocenters. The van der Waals surface area contributed by atoms with Crippen LogP contribution in [0.2, 0.25) is 0 Å². The summed E-state index contributed by atoms with van der Waals surface area (Å²) in [6.07, 6.45) is 4.51. The first-order valence-electron chi connectivity index (χ1n) is 13.2. The van der Waals surface area contributed by atoms with Crippen molar-refractivity contribution < 1.29 is 37.7 Å². The summed E-state index contributed by atoms with van der Waals surface area (Å²) in [6.45, 7) is 5.75. The minimum absolute atomic E-state index is 0.226. The van der Waals surface area contributed by atoms with Gasteiger partial charge in [0.2, 0.25) is 5.76 Å². The Hall–Kier alpha value is -3.83. The van der Waals surface area contributed by atoms with Crippen molar-refractivity contribution in [2.24, 2.45) is 5.92 Å². The molecule has 1 aromatic heterocycles. The number of carboxylic acid groups (broad SMARTS) is 1. The molecule has 0 saturated carbocycles. The number of nitrogens with one attached hydrogen (secondary N) is 1. The van der Waals surface area contributed by atoms with Crippen LogP contribution < -0.4 is 10.1 Å². The van der Waals surface area contributed by atoms with Crippen LogP contribution in [0.3, 0.4) is 0 Å². The zero-order valence-corrected chi connectivity index (χ0v) is 24.3. The molecule has 0 unspecified atom stereocenters. The van der Waals surface area contributed by atoms with E-state index in [1.807, 2.05) is 18.2 Å². The van der Waals surface area contributed by atoms with Crippen molar-refractivity contribution in [2.75, 3.05) is 32.8 Å². The van der Waals surface area contributed by atoms with Gasteiger partial charge in [0, 0.05) is 41.4 Å². The molecule has 0 fully saturated rings. The first kappa shape index (κ1) is 31.7. The van der Waals surface area contributed by atoms with Crippen molar-refractivity contribution in [1.29, 1.82) is 0 Å². The number of carbonyl (C=O) groups excluding carboxylic acids is 1. The molecular formula is C30H34F2N2O6S. The lowest BCUT2D eigenvalue weighted by molar-refractivity contribution is -0.135. The molecule has 0 bridgehead atoms. The number of hydrogen-bond acceptors (Lipinski definition) is 7. The molecule has 0 saturated heterocycles. The van der Waals surface area contributed by atoms with Crippen LogP contribution in [0.5, 0.6) is 5.75 Å². The number of ether oxygens (including phenoxy) is 3. The van der Waals surface area contributed by atoms with Gasteiger partial charge in [0.05, 0.1) is 19.9 Å². The van der Waals surface area contributed by atoms with Gasteiger partial charge in [-0.1, -0.05) is 38.8 Å². The van der Waals surface area contributed by atoms with Crippen molar-refractivity contribution in [1.82, 2.24) is 4.98 Å². The molecule has 2 N–H and O–H groups in total. The largest absolute Gasteiger partial charge is 0.496 e. The minimum atomic E-state index is -1.49. The average Bonchev–Trinajstić information content (AvgIpc) is 3.42. The quantitative estimate of drug-likeness (QED) is 0.114. The molecule has 8 nitrogen and oxygen atoms in total. The Kier molecular flexibility index (Phi) is 11.8. The summed E-state index contributed by atoms with van der Waals surface area (Å²) in [5, 5.41) is 13.6. The highest BCUT2D eigenvalue weighted by Gasteiger charge is 2.19. The average molecular weight is 589 g/mol. The molecular weight excluding hydrogens is 554 g/mol. The van der Waals surface area contributed by atoms with Crippen LogP contribution in [0.25, 0.3) is 17.3 Å². The smallest absolute Gasteiger partial charge is 0.371 e. The number of aromatic nitrogens is 1. The number of carboxylic acids is 1. The zero-order chi connectivity index (χ0) is 29.9. The molecule has 2 aromatic carbocycles. The summed E-state index contributed by atoms with van der Waals surface area (Å²) >= 11 is 1.15. The maximum atomic E-state index is 14.6. The Morgan fingerprint density at radius 2 is 1.85 bits per heavy atom. The summed E-state index contributed by atoms with van der Waals surface area (Å²) in [5.41, 5.74) is 1.40. The maximum absolute atomic E-state index is 14.6. The number of aliphatic carboxylic acids is 1. The van der Waals surface area contributed by atoms with Crippen molar-refractivity contribution in [3.63, 3.8) is 0 Å². The summed E-state index contributed by atoms with van der Waals surface area (Å²) in [4.78, 5) is 28.3. The second kappa shape index (κ2) is 15.2. The van der Waals surface area contributed by atoms with Gasteiger partial charge in [-0.3, -0.25) is 10.1 Å². The van der Waals surface area contributed by atoms with E-state index >= 15 is 0 Å². The molecule has 3 rings (SSSR count). The first-order chi connectivity index (χ1) is 19.7. The summed E-state index contributed by atoms with van der Waals surface area (Å²) in [5.74, 6) is -3.90. The topological polar surface area (TPSA) is 107 Å². The van der Waals surface area contributed by atoms with E-state index in [9.17, 15) is 18.4 Å². The molecule has 0 spiro atoms. The van der Waals surface area contributed by atoms with E-state index in [1.165, 1.54) is 0 Å². The number of nitrogens with zero attached hydrogens (tertiary/aromatic N) is 1. The summed E-state index contributed by atoms with van der Waals surface area (Å²) in [6, 6.07) is 7.40. The second-order valence-electron chi connectivity index (χ2n) is 9.22. The van der Waals surface area contributed by atoms with Crippen molar-refractivity contribution >= 4 is 34.4 Å². The molecule has 41 heavy (non-hydrogen) atoms. The SMILES string of the molecule is CCC(CC)COCCCc1cccc(-c2csc(NC(=O)c3cc(F)c(/C=C(\OC)C(=O)O)c(F)c3)n2)c1OC. The maximum Gasteiger partial charge on any atom is 0.371 e. The van der Waals surface area contributed by atoms with Gasteiger partial charge in [-0.15, -0.1) is 11.3 Å². The van der Waals surface area contributed by atoms with Gasteiger partial charge in [-0.05, 0) is 42.5 Å². The van der Waals surface area contributed by atoms with E-state index in [-0.39, 0.29) is 10.7 Å². The van der Waals surface area contributed by atoms with E-state index in [4.69, 9.17) is 14.6 Å². The molecule has 1 amide bonds. The third-order valence-electron chi connectivity index (χ3n) is 6.59. The fourth-order valence-electron chi connectivity index (χ4n) is 4.18. The number of benzene rings is 2. The Morgan fingerprint density at radius 3 is 2.46 bits per heavy atom. The summed E-state index contributed by atoms with van der Waals surface area (Å²) < 4.78 is 45.3. The Bertz CT molecular complexity index is 1360. The molecule has 1 heterocycles. The van der Waals surface area contributed by atoms with E-state index < -0.39 is 34.8 Å². The van der Waals surface area contributed by atoms with Crippen LogP contribution >= 0.6 is 11.3 Å². The predicted molar refractivity (Wildman–Crippen MR) is 154 cm³/mol. The fourth-order valence-corrected chi connectivity index (χ4v) is 4.89. The Morgan fingerprint density at radius 1 is 1.15 bits per heavy atom. The van der Waals surface area contributed by atoms with Crippen LogP contribution in [0.1, 0.15) is 54.6 Å². The lowest BCUT2D eigenvalue weighted by atomic mass is 10.0. The lowest BCUT2D eigenvalue weighted by Gasteiger charge is -2.14. The highest BCUT2D eigenvalue weighted by molar-refractivity contribution is 7.14. The number of carbonyl (C=O) groups is 2. The highest BCUT2D eigenvalue weighted by atomic mass is 32.1. The molecule has 3 aromatic rings. The van der Waals surface area contributed by atoms with Crippen LogP contribution in [-0.4, -0.2) is 49.4 Å². The number of methoxy groups -OCH3 is 2. The van der Waals surface area contributed by atoms with Gasteiger partial charge < -0.3 is 19.3 Å². The number of aryl methyl sites for hydroxylation is 1. The molecule has 220 valence electrons. The number of rotatable bonds is 15. The van der Waals surface area contributed by atoms with Gasteiger partial charge in [-0.2, -0.15) is 0 Å². The second-order valence-corrected chi connectivity index (χ2v) is 10.1. The van der Waals surface area contributed by atoms with Crippen LogP contribution in [0.4, 0.5) is 13.9 Å². The molecule has 0 radical (unpaired) electrons. The number of hydrogen-bond donors (Lipinski definition) is 2. The van der Waals surface area contributed by atoms with E-state index in [1.54, 1.807) is 12.5 Å². The normalized spacial score (nSPS) is 11.5.